The predicted octanol–water partition coefficient (Wildman–Crippen LogP) is 2.01. The molecule has 1 fully saturated rings. The number of nitrogens with zero attached hydrogens (tertiary/aromatic N) is 2. The van der Waals surface area contributed by atoms with Crippen molar-refractivity contribution in [2.75, 3.05) is 25.1 Å². The Bertz CT molecular complexity index is 632. The van der Waals surface area contributed by atoms with Crippen molar-refractivity contribution >= 4 is 32.6 Å². The first kappa shape index (κ1) is 13.3. The second kappa shape index (κ2) is 5.38. The molecule has 5 nitrogen and oxygen atoms in total. The van der Waals surface area contributed by atoms with Crippen LogP contribution in [-0.4, -0.2) is 37.2 Å². The maximum atomic E-state index is 11.4. The zero-order valence-electron chi connectivity index (χ0n) is 11.3. The highest BCUT2D eigenvalue weighted by Crippen LogP contribution is 2.32. The number of thiazole rings is 1. The van der Waals surface area contributed by atoms with Gasteiger partial charge in [-0.2, -0.15) is 0 Å². The molecular formula is C14H17N3O2S. The van der Waals surface area contributed by atoms with E-state index in [9.17, 15) is 4.79 Å². The summed E-state index contributed by atoms with van der Waals surface area (Å²) in [5.74, 6) is -0.425. The van der Waals surface area contributed by atoms with E-state index in [0.29, 0.717) is 17.2 Å². The van der Waals surface area contributed by atoms with Gasteiger partial charge in [0.25, 0.3) is 5.91 Å². The molecule has 1 saturated heterocycles. The number of fused-ring (bicyclic) bond motifs is 1. The van der Waals surface area contributed by atoms with Crippen LogP contribution in [-0.2, 0) is 4.74 Å². The van der Waals surface area contributed by atoms with Gasteiger partial charge in [-0.25, -0.2) is 4.98 Å². The van der Waals surface area contributed by atoms with Crippen molar-refractivity contribution in [3.05, 3.63) is 23.8 Å². The van der Waals surface area contributed by atoms with Crippen LogP contribution in [0.25, 0.3) is 10.2 Å². The Morgan fingerprint density at radius 2 is 2.20 bits per heavy atom. The van der Waals surface area contributed by atoms with Gasteiger partial charge in [0.2, 0.25) is 0 Å². The lowest BCUT2D eigenvalue weighted by atomic mass is 10.1. The van der Waals surface area contributed by atoms with Gasteiger partial charge >= 0.3 is 0 Å². The summed E-state index contributed by atoms with van der Waals surface area (Å²) in [4.78, 5) is 18.3. The molecule has 1 amide bonds. The van der Waals surface area contributed by atoms with E-state index in [-0.39, 0.29) is 0 Å². The third-order valence-corrected chi connectivity index (χ3v) is 4.80. The Labute approximate surface area is 121 Å². The Hall–Kier alpha value is -1.66. The number of hydrogen-bond donors (Lipinski definition) is 1. The number of nitrogens with two attached hydrogens (primary N) is 1. The molecule has 3 rings (SSSR count). The summed E-state index contributed by atoms with van der Waals surface area (Å²) in [6.07, 6.45) is 2.37. The fourth-order valence-electron chi connectivity index (χ4n) is 2.55. The number of anilines is 1. The van der Waals surface area contributed by atoms with Gasteiger partial charge in [-0.1, -0.05) is 17.4 Å². The minimum absolute atomic E-state index is 0.349. The average molecular weight is 291 g/mol. The van der Waals surface area contributed by atoms with Gasteiger partial charge in [-0.05, 0) is 25.0 Å². The van der Waals surface area contributed by atoms with Crippen LogP contribution in [0.15, 0.2) is 18.2 Å². The Balaban J connectivity index is 1.90. The van der Waals surface area contributed by atoms with Gasteiger partial charge in [0, 0.05) is 20.2 Å². The number of rotatable bonds is 3. The fraction of sp³-hybridized carbons (Fsp3) is 0.429. The number of aromatic nitrogens is 1. The molecule has 0 atom stereocenters. The first-order valence-electron chi connectivity index (χ1n) is 6.66. The molecule has 1 aromatic carbocycles. The molecule has 2 N–H and O–H groups in total. The van der Waals surface area contributed by atoms with E-state index in [4.69, 9.17) is 10.5 Å². The largest absolute Gasteiger partial charge is 0.381 e. The summed E-state index contributed by atoms with van der Waals surface area (Å²) in [6, 6.07) is 5.55. The molecule has 20 heavy (non-hydrogen) atoms. The van der Waals surface area contributed by atoms with Crippen LogP contribution < -0.4 is 10.6 Å². The second-order valence-corrected chi connectivity index (χ2v) is 5.94. The monoisotopic (exact) mass is 291 g/mol. The van der Waals surface area contributed by atoms with E-state index in [1.54, 1.807) is 24.5 Å². The number of carbonyl (C=O) groups is 1. The van der Waals surface area contributed by atoms with Crippen LogP contribution in [0, 0.1) is 0 Å². The lowest BCUT2D eigenvalue weighted by Gasteiger charge is -2.30. The van der Waals surface area contributed by atoms with Gasteiger partial charge in [0.05, 0.1) is 21.9 Å². The number of amides is 1. The Morgan fingerprint density at radius 3 is 2.85 bits per heavy atom. The molecule has 1 aliphatic heterocycles. The van der Waals surface area contributed by atoms with Crippen LogP contribution in [0.1, 0.15) is 23.2 Å². The van der Waals surface area contributed by atoms with E-state index in [2.05, 4.69) is 9.88 Å². The Morgan fingerprint density at radius 1 is 1.45 bits per heavy atom. The first-order valence-corrected chi connectivity index (χ1v) is 7.48. The van der Waals surface area contributed by atoms with Crippen LogP contribution in [0.5, 0.6) is 0 Å². The zero-order chi connectivity index (χ0) is 14.1. The number of para-hydroxylation sites is 1. The third-order valence-electron chi connectivity index (χ3n) is 3.72. The van der Waals surface area contributed by atoms with Crippen molar-refractivity contribution in [1.82, 2.24) is 4.98 Å². The minimum Gasteiger partial charge on any atom is -0.381 e. The van der Waals surface area contributed by atoms with Crippen LogP contribution in [0.2, 0.25) is 0 Å². The summed E-state index contributed by atoms with van der Waals surface area (Å²) < 4.78 is 6.38. The average Bonchev–Trinajstić information content (AvgIpc) is 2.90. The van der Waals surface area contributed by atoms with Crippen molar-refractivity contribution in [3.8, 4) is 0 Å². The summed E-state index contributed by atoms with van der Waals surface area (Å²) >= 11 is 1.61. The highest BCUT2D eigenvalue weighted by molar-refractivity contribution is 7.22. The lowest BCUT2D eigenvalue weighted by molar-refractivity contribution is 0.0819. The number of ether oxygens (including phenoxy) is 1. The second-order valence-electron chi connectivity index (χ2n) is 4.94. The highest BCUT2D eigenvalue weighted by Gasteiger charge is 2.22. The normalized spacial score (nSPS) is 16.8. The smallest absolute Gasteiger partial charge is 0.250 e. The number of primary amides is 1. The van der Waals surface area contributed by atoms with Gasteiger partial charge in [-0.3, -0.25) is 4.79 Å². The number of piperidine rings is 1. The van der Waals surface area contributed by atoms with Gasteiger partial charge in [0.15, 0.2) is 5.13 Å². The standard InChI is InChI=1S/C14H17N3O2S/c1-19-9-5-7-17(8-6-9)14-16-12-10(13(15)18)3-2-4-11(12)20-14/h2-4,9H,5-8H2,1H3,(H2,15,18). The number of carbonyl (C=O) groups excluding carboxylic acids is 1. The lowest BCUT2D eigenvalue weighted by Crippen LogP contribution is -2.36. The fourth-order valence-corrected chi connectivity index (χ4v) is 3.60. The van der Waals surface area contributed by atoms with Crippen LogP contribution in [0.3, 0.4) is 0 Å². The summed E-state index contributed by atoms with van der Waals surface area (Å²) in [6.45, 7) is 1.87. The topological polar surface area (TPSA) is 68.4 Å². The van der Waals surface area contributed by atoms with E-state index >= 15 is 0 Å². The van der Waals surface area contributed by atoms with Gasteiger partial charge < -0.3 is 15.4 Å². The molecule has 2 heterocycles. The van der Waals surface area contributed by atoms with Crippen molar-refractivity contribution < 1.29 is 9.53 Å². The molecule has 1 aromatic heterocycles. The summed E-state index contributed by atoms with van der Waals surface area (Å²) in [7, 11) is 1.76. The molecule has 0 unspecified atom stereocenters. The van der Waals surface area contributed by atoms with Gasteiger partial charge in [-0.15, -0.1) is 0 Å². The maximum absolute atomic E-state index is 11.4. The van der Waals surface area contributed by atoms with Gasteiger partial charge in [0.1, 0.15) is 0 Å². The molecule has 106 valence electrons. The Kier molecular flexibility index (Phi) is 3.58. The molecular weight excluding hydrogens is 274 g/mol. The number of hydrogen-bond acceptors (Lipinski definition) is 5. The van der Waals surface area contributed by atoms with Crippen molar-refractivity contribution in [1.29, 1.82) is 0 Å². The molecule has 2 aromatic rings. The summed E-state index contributed by atoms with van der Waals surface area (Å²) in [5.41, 5.74) is 6.61. The van der Waals surface area contributed by atoms with Crippen LogP contribution >= 0.6 is 11.3 Å². The van der Waals surface area contributed by atoms with Crippen LogP contribution in [0.4, 0.5) is 5.13 Å². The van der Waals surface area contributed by atoms with Crippen molar-refractivity contribution in [3.63, 3.8) is 0 Å². The highest BCUT2D eigenvalue weighted by atomic mass is 32.1. The van der Waals surface area contributed by atoms with Crippen molar-refractivity contribution in [2.24, 2.45) is 5.73 Å². The number of methoxy groups -OCH3 is 1. The maximum Gasteiger partial charge on any atom is 0.250 e. The quantitative estimate of drug-likeness (QED) is 0.939. The van der Waals surface area contributed by atoms with E-state index in [0.717, 1.165) is 35.8 Å². The van der Waals surface area contributed by atoms with Crippen molar-refractivity contribution in [2.45, 2.75) is 18.9 Å². The molecule has 0 aliphatic carbocycles. The van der Waals surface area contributed by atoms with E-state index < -0.39 is 5.91 Å². The third kappa shape index (κ3) is 2.36. The first-order chi connectivity index (χ1) is 9.69. The molecule has 0 bridgehead atoms. The van der Waals surface area contributed by atoms with E-state index in [1.165, 1.54) is 0 Å². The predicted molar refractivity (Wildman–Crippen MR) is 80.4 cm³/mol. The minimum atomic E-state index is -0.425. The SMILES string of the molecule is COC1CCN(c2nc3c(C(N)=O)cccc3s2)CC1. The molecule has 0 radical (unpaired) electrons. The zero-order valence-corrected chi connectivity index (χ0v) is 12.2. The van der Waals surface area contributed by atoms with E-state index in [1.807, 2.05) is 12.1 Å². The molecule has 1 aliphatic rings. The molecule has 0 saturated carbocycles. The number of benzene rings is 1. The molecule has 6 heteroatoms. The molecule has 0 spiro atoms. The summed E-state index contributed by atoms with van der Waals surface area (Å²) in [5, 5.41) is 0.961.